The SMILES string of the molecule is CCCNc1ncc(CO)cc1Br. The van der Waals surface area contributed by atoms with E-state index in [1.54, 1.807) is 6.20 Å². The van der Waals surface area contributed by atoms with Crippen LogP contribution in [0.25, 0.3) is 0 Å². The Morgan fingerprint density at radius 1 is 1.62 bits per heavy atom. The van der Waals surface area contributed by atoms with E-state index in [2.05, 4.69) is 33.2 Å². The highest BCUT2D eigenvalue weighted by molar-refractivity contribution is 9.10. The molecule has 1 aromatic rings. The molecule has 4 heteroatoms. The van der Waals surface area contributed by atoms with Crippen molar-refractivity contribution in [1.82, 2.24) is 4.98 Å². The summed E-state index contributed by atoms with van der Waals surface area (Å²) in [7, 11) is 0. The predicted molar refractivity (Wildman–Crippen MR) is 56.6 cm³/mol. The Kier molecular flexibility index (Phi) is 4.18. The summed E-state index contributed by atoms with van der Waals surface area (Å²) in [6, 6.07) is 1.87. The standard InChI is InChI=1S/C9H13BrN2O/c1-2-3-11-9-8(10)4-7(6-13)5-12-9/h4-5,13H,2-3,6H2,1H3,(H,11,12). The molecule has 0 aromatic carbocycles. The number of nitrogens with one attached hydrogen (secondary N) is 1. The van der Waals surface area contributed by atoms with Crippen molar-refractivity contribution in [3.05, 3.63) is 22.3 Å². The molecule has 0 spiro atoms. The van der Waals surface area contributed by atoms with E-state index >= 15 is 0 Å². The number of aliphatic hydroxyl groups excluding tert-OH is 1. The maximum Gasteiger partial charge on any atom is 0.140 e. The summed E-state index contributed by atoms with van der Waals surface area (Å²) in [6.45, 7) is 3.03. The summed E-state index contributed by atoms with van der Waals surface area (Å²) >= 11 is 3.38. The topological polar surface area (TPSA) is 45.2 Å². The average molecular weight is 245 g/mol. The van der Waals surface area contributed by atoms with Crippen LogP contribution in [0.4, 0.5) is 5.82 Å². The first-order valence-electron chi connectivity index (χ1n) is 4.27. The molecule has 13 heavy (non-hydrogen) atoms. The van der Waals surface area contributed by atoms with Crippen molar-refractivity contribution in [2.75, 3.05) is 11.9 Å². The van der Waals surface area contributed by atoms with Gasteiger partial charge in [-0.05, 0) is 34.0 Å². The lowest BCUT2D eigenvalue weighted by atomic mass is 10.3. The second-order valence-corrected chi connectivity index (χ2v) is 3.61. The van der Waals surface area contributed by atoms with E-state index < -0.39 is 0 Å². The summed E-state index contributed by atoms with van der Waals surface area (Å²) in [5, 5.41) is 12.0. The minimum atomic E-state index is 0.0274. The maximum atomic E-state index is 8.85. The first kappa shape index (κ1) is 10.5. The highest BCUT2D eigenvalue weighted by Gasteiger charge is 2.00. The molecule has 2 N–H and O–H groups in total. The van der Waals surface area contributed by atoms with Gasteiger partial charge in [-0.25, -0.2) is 4.98 Å². The fraction of sp³-hybridized carbons (Fsp3) is 0.444. The molecule has 0 saturated heterocycles. The van der Waals surface area contributed by atoms with Gasteiger partial charge in [0.05, 0.1) is 11.1 Å². The number of halogens is 1. The first-order valence-corrected chi connectivity index (χ1v) is 5.06. The number of aliphatic hydroxyl groups is 1. The van der Waals surface area contributed by atoms with E-state index in [4.69, 9.17) is 5.11 Å². The molecule has 72 valence electrons. The third-order valence-electron chi connectivity index (χ3n) is 1.62. The van der Waals surface area contributed by atoms with Gasteiger partial charge in [0, 0.05) is 12.7 Å². The molecule has 0 aliphatic heterocycles. The number of hydrogen-bond acceptors (Lipinski definition) is 3. The van der Waals surface area contributed by atoms with Gasteiger partial charge in [-0.1, -0.05) is 6.92 Å². The Morgan fingerprint density at radius 2 is 2.38 bits per heavy atom. The van der Waals surface area contributed by atoms with E-state index in [-0.39, 0.29) is 6.61 Å². The average Bonchev–Trinajstić information content (AvgIpc) is 2.16. The molecular weight excluding hydrogens is 232 g/mol. The van der Waals surface area contributed by atoms with Crippen LogP contribution in [0.5, 0.6) is 0 Å². The third kappa shape index (κ3) is 2.97. The lowest BCUT2D eigenvalue weighted by Crippen LogP contribution is -2.03. The minimum absolute atomic E-state index is 0.0274. The largest absolute Gasteiger partial charge is 0.392 e. The fourth-order valence-electron chi connectivity index (χ4n) is 0.937. The molecule has 0 fully saturated rings. The number of pyridine rings is 1. The van der Waals surface area contributed by atoms with Crippen LogP contribution in [0, 0.1) is 0 Å². The zero-order valence-corrected chi connectivity index (χ0v) is 9.13. The molecular formula is C9H13BrN2O. The highest BCUT2D eigenvalue weighted by Crippen LogP contribution is 2.20. The van der Waals surface area contributed by atoms with Crippen molar-refractivity contribution >= 4 is 21.7 Å². The second-order valence-electron chi connectivity index (χ2n) is 2.76. The summed E-state index contributed by atoms with van der Waals surface area (Å²) < 4.78 is 0.896. The van der Waals surface area contributed by atoms with Crippen LogP contribution < -0.4 is 5.32 Å². The number of aromatic nitrogens is 1. The van der Waals surface area contributed by atoms with Crippen LogP contribution in [-0.2, 0) is 6.61 Å². The molecule has 3 nitrogen and oxygen atoms in total. The lowest BCUT2D eigenvalue weighted by Gasteiger charge is -2.06. The Labute approximate surface area is 86.3 Å². The van der Waals surface area contributed by atoms with Gasteiger partial charge in [0.1, 0.15) is 5.82 Å². The number of nitrogens with zero attached hydrogens (tertiary/aromatic N) is 1. The van der Waals surface area contributed by atoms with E-state index in [1.807, 2.05) is 6.07 Å². The Bertz CT molecular complexity index is 278. The number of hydrogen-bond donors (Lipinski definition) is 2. The lowest BCUT2D eigenvalue weighted by molar-refractivity contribution is 0.281. The summed E-state index contributed by atoms with van der Waals surface area (Å²) in [5.41, 5.74) is 0.814. The molecule has 0 aliphatic carbocycles. The van der Waals surface area contributed by atoms with Gasteiger partial charge in [0.2, 0.25) is 0 Å². The first-order chi connectivity index (χ1) is 6.27. The molecule has 1 aromatic heterocycles. The Morgan fingerprint density at radius 3 is 2.92 bits per heavy atom. The van der Waals surface area contributed by atoms with Gasteiger partial charge in [-0.15, -0.1) is 0 Å². The zero-order chi connectivity index (χ0) is 9.68. The normalized spacial score (nSPS) is 10.1. The van der Waals surface area contributed by atoms with Gasteiger partial charge >= 0.3 is 0 Å². The number of rotatable bonds is 4. The van der Waals surface area contributed by atoms with Gasteiger partial charge in [-0.3, -0.25) is 0 Å². The Hall–Kier alpha value is -0.610. The van der Waals surface area contributed by atoms with Crippen LogP contribution in [0.1, 0.15) is 18.9 Å². The summed E-state index contributed by atoms with van der Waals surface area (Å²) in [4.78, 5) is 4.17. The predicted octanol–water partition coefficient (Wildman–Crippen LogP) is 2.16. The van der Waals surface area contributed by atoms with Crippen molar-refractivity contribution in [2.24, 2.45) is 0 Å². The van der Waals surface area contributed by atoms with Crippen LogP contribution in [0.3, 0.4) is 0 Å². The molecule has 0 bridgehead atoms. The van der Waals surface area contributed by atoms with Crippen molar-refractivity contribution in [1.29, 1.82) is 0 Å². The summed E-state index contributed by atoms with van der Waals surface area (Å²) in [5.74, 6) is 0.832. The molecule has 0 radical (unpaired) electrons. The molecule has 0 atom stereocenters. The number of anilines is 1. The smallest absolute Gasteiger partial charge is 0.140 e. The zero-order valence-electron chi connectivity index (χ0n) is 7.55. The van der Waals surface area contributed by atoms with Crippen LogP contribution >= 0.6 is 15.9 Å². The maximum absolute atomic E-state index is 8.85. The van der Waals surface area contributed by atoms with E-state index in [1.165, 1.54) is 0 Å². The van der Waals surface area contributed by atoms with Crippen LogP contribution in [0.2, 0.25) is 0 Å². The van der Waals surface area contributed by atoms with E-state index in [0.29, 0.717) is 0 Å². The quantitative estimate of drug-likeness (QED) is 0.854. The van der Waals surface area contributed by atoms with Crippen molar-refractivity contribution < 1.29 is 5.11 Å². The van der Waals surface area contributed by atoms with Gasteiger partial charge in [0.15, 0.2) is 0 Å². The molecule has 0 aliphatic rings. The fourth-order valence-corrected chi connectivity index (χ4v) is 1.47. The highest BCUT2D eigenvalue weighted by atomic mass is 79.9. The third-order valence-corrected chi connectivity index (χ3v) is 2.23. The second kappa shape index (κ2) is 5.19. The molecule has 0 unspecified atom stereocenters. The van der Waals surface area contributed by atoms with Gasteiger partial charge in [-0.2, -0.15) is 0 Å². The molecule has 1 rings (SSSR count). The molecule has 0 saturated carbocycles. The van der Waals surface area contributed by atoms with Crippen LogP contribution in [-0.4, -0.2) is 16.6 Å². The van der Waals surface area contributed by atoms with E-state index in [0.717, 1.165) is 28.8 Å². The summed E-state index contributed by atoms with van der Waals surface area (Å²) in [6.07, 6.45) is 2.73. The molecule has 0 amide bonds. The molecule has 1 heterocycles. The van der Waals surface area contributed by atoms with Gasteiger partial charge in [0.25, 0.3) is 0 Å². The van der Waals surface area contributed by atoms with Crippen LogP contribution in [0.15, 0.2) is 16.7 Å². The van der Waals surface area contributed by atoms with Crippen molar-refractivity contribution in [2.45, 2.75) is 20.0 Å². The van der Waals surface area contributed by atoms with Gasteiger partial charge < -0.3 is 10.4 Å². The van der Waals surface area contributed by atoms with Crippen molar-refractivity contribution in [3.63, 3.8) is 0 Å². The monoisotopic (exact) mass is 244 g/mol. The minimum Gasteiger partial charge on any atom is -0.392 e. The Balaban J connectivity index is 2.73. The van der Waals surface area contributed by atoms with E-state index in [9.17, 15) is 0 Å². The van der Waals surface area contributed by atoms with Crippen molar-refractivity contribution in [3.8, 4) is 0 Å².